The lowest BCUT2D eigenvalue weighted by molar-refractivity contribution is -0.908. The number of unbranched alkanes of at least 4 members (excludes halogenated alkanes) is 1. The number of nitrogens with one attached hydrogen (secondary N) is 1. The van der Waals surface area contributed by atoms with Crippen LogP contribution < -0.4 is 14.4 Å². The minimum absolute atomic E-state index is 0.749. The lowest BCUT2D eigenvalue weighted by Gasteiger charge is -2.23. The van der Waals surface area contributed by atoms with Crippen molar-refractivity contribution in [2.24, 2.45) is 0 Å². The van der Waals surface area contributed by atoms with Gasteiger partial charge in [0.1, 0.15) is 13.1 Å². The van der Waals surface area contributed by atoms with Crippen LogP contribution >= 0.6 is 0 Å². The Bertz CT molecular complexity index is 391. The number of morpholine rings is 1. The Morgan fingerprint density at radius 2 is 1.62 bits per heavy atom. The molecule has 1 saturated heterocycles. The summed E-state index contributed by atoms with van der Waals surface area (Å²) in [6.07, 6.45) is 3.29. The van der Waals surface area contributed by atoms with Crippen molar-refractivity contribution in [3.63, 3.8) is 0 Å². The Hall–Kier alpha value is -1.26. The molecule has 118 valence electrons. The fourth-order valence-electron chi connectivity index (χ4n) is 2.43. The predicted molar refractivity (Wildman–Crippen MR) is 83.3 cm³/mol. The molecule has 4 nitrogen and oxygen atoms in total. The molecule has 21 heavy (non-hydrogen) atoms. The van der Waals surface area contributed by atoms with E-state index < -0.39 is 0 Å². The highest BCUT2D eigenvalue weighted by Gasteiger charge is 2.13. The molecule has 0 saturated carbocycles. The fourth-order valence-corrected chi connectivity index (χ4v) is 2.43. The Balaban J connectivity index is 1.69. The van der Waals surface area contributed by atoms with Crippen molar-refractivity contribution in [2.45, 2.75) is 26.2 Å². The summed E-state index contributed by atoms with van der Waals surface area (Å²) in [4.78, 5) is 1.62. The molecule has 0 atom stereocenters. The topological polar surface area (TPSA) is 32.1 Å². The average molecular weight is 294 g/mol. The lowest BCUT2D eigenvalue weighted by atomic mass is 10.3. The second-order valence-electron chi connectivity index (χ2n) is 5.46. The molecular formula is C17H28NO3+. The van der Waals surface area contributed by atoms with Crippen LogP contribution in [-0.2, 0) is 4.74 Å². The maximum absolute atomic E-state index is 5.89. The van der Waals surface area contributed by atoms with E-state index in [1.54, 1.807) is 4.90 Å². The standard InChI is InChI=1S/C17H27NO3/c1-2-3-12-20-16-7-4-5-8-17(16)21-13-6-9-18-10-14-19-15-11-18/h4-5,7-8H,2-3,6,9-15H2,1H3/p+1. The van der Waals surface area contributed by atoms with Crippen LogP contribution in [0.1, 0.15) is 26.2 Å². The van der Waals surface area contributed by atoms with Gasteiger partial charge in [-0.3, -0.25) is 0 Å². The van der Waals surface area contributed by atoms with Gasteiger partial charge in [-0.2, -0.15) is 0 Å². The molecule has 1 N–H and O–H groups in total. The molecule has 1 aromatic carbocycles. The smallest absolute Gasteiger partial charge is 0.161 e. The normalized spacial score (nSPS) is 15.9. The van der Waals surface area contributed by atoms with E-state index in [2.05, 4.69) is 6.92 Å². The molecular weight excluding hydrogens is 266 g/mol. The summed E-state index contributed by atoms with van der Waals surface area (Å²) >= 11 is 0. The number of para-hydroxylation sites is 2. The summed E-state index contributed by atoms with van der Waals surface area (Å²) in [6, 6.07) is 7.96. The van der Waals surface area contributed by atoms with E-state index in [4.69, 9.17) is 14.2 Å². The van der Waals surface area contributed by atoms with Crippen molar-refractivity contribution in [1.82, 2.24) is 0 Å². The summed E-state index contributed by atoms with van der Waals surface area (Å²) < 4.78 is 17.0. The van der Waals surface area contributed by atoms with Crippen LogP contribution in [0, 0.1) is 0 Å². The third kappa shape index (κ3) is 5.94. The minimum atomic E-state index is 0.749. The van der Waals surface area contributed by atoms with E-state index in [9.17, 15) is 0 Å². The summed E-state index contributed by atoms with van der Waals surface area (Å²) in [5.74, 6) is 1.73. The van der Waals surface area contributed by atoms with Crippen LogP contribution in [0.2, 0.25) is 0 Å². The Morgan fingerprint density at radius 1 is 1.00 bits per heavy atom. The second-order valence-corrected chi connectivity index (χ2v) is 5.46. The Labute approximate surface area is 128 Å². The highest BCUT2D eigenvalue weighted by atomic mass is 16.5. The van der Waals surface area contributed by atoms with E-state index in [-0.39, 0.29) is 0 Å². The van der Waals surface area contributed by atoms with Gasteiger partial charge in [-0.25, -0.2) is 0 Å². The van der Waals surface area contributed by atoms with Gasteiger partial charge in [0.15, 0.2) is 11.5 Å². The summed E-state index contributed by atoms with van der Waals surface area (Å²) in [5, 5.41) is 0. The van der Waals surface area contributed by atoms with Gasteiger partial charge in [0.25, 0.3) is 0 Å². The van der Waals surface area contributed by atoms with E-state index in [0.717, 1.165) is 76.8 Å². The first-order chi connectivity index (χ1) is 10.4. The van der Waals surface area contributed by atoms with Gasteiger partial charge in [-0.05, 0) is 18.6 Å². The lowest BCUT2D eigenvalue weighted by Crippen LogP contribution is -3.14. The molecule has 1 heterocycles. The Kier molecular flexibility index (Phi) is 7.39. The zero-order valence-corrected chi connectivity index (χ0v) is 13.1. The highest BCUT2D eigenvalue weighted by molar-refractivity contribution is 5.39. The van der Waals surface area contributed by atoms with Crippen LogP contribution in [0.5, 0.6) is 11.5 Å². The van der Waals surface area contributed by atoms with E-state index in [1.807, 2.05) is 24.3 Å². The minimum Gasteiger partial charge on any atom is -0.490 e. The summed E-state index contributed by atoms with van der Waals surface area (Å²) in [6.45, 7) is 8.86. The monoisotopic (exact) mass is 294 g/mol. The number of benzene rings is 1. The molecule has 0 unspecified atom stereocenters. The molecule has 1 aliphatic heterocycles. The molecule has 0 bridgehead atoms. The number of rotatable bonds is 9. The molecule has 0 aliphatic carbocycles. The largest absolute Gasteiger partial charge is 0.490 e. The number of quaternary nitrogens is 1. The van der Waals surface area contributed by atoms with E-state index in [1.165, 1.54) is 0 Å². The second kappa shape index (κ2) is 9.64. The van der Waals surface area contributed by atoms with Crippen LogP contribution in [-0.4, -0.2) is 46.1 Å². The molecule has 4 heteroatoms. The van der Waals surface area contributed by atoms with Gasteiger partial charge < -0.3 is 19.1 Å². The van der Waals surface area contributed by atoms with Crippen molar-refractivity contribution < 1.29 is 19.1 Å². The van der Waals surface area contributed by atoms with Crippen molar-refractivity contribution in [3.8, 4) is 11.5 Å². The van der Waals surface area contributed by atoms with Gasteiger partial charge in [0, 0.05) is 6.42 Å². The van der Waals surface area contributed by atoms with Crippen molar-refractivity contribution >= 4 is 0 Å². The van der Waals surface area contributed by atoms with Gasteiger partial charge >= 0.3 is 0 Å². The van der Waals surface area contributed by atoms with Gasteiger partial charge in [0.2, 0.25) is 0 Å². The van der Waals surface area contributed by atoms with Gasteiger partial charge in [-0.15, -0.1) is 0 Å². The average Bonchev–Trinajstić information content (AvgIpc) is 2.54. The number of hydrogen-bond donors (Lipinski definition) is 1. The number of hydrogen-bond acceptors (Lipinski definition) is 3. The maximum Gasteiger partial charge on any atom is 0.161 e. The molecule has 0 aromatic heterocycles. The van der Waals surface area contributed by atoms with Crippen molar-refractivity contribution in [3.05, 3.63) is 24.3 Å². The zero-order chi connectivity index (χ0) is 14.8. The molecule has 0 amide bonds. The van der Waals surface area contributed by atoms with Crippen LogP contribution in [0.3, 0.4) is 0 Å². The first-order valence-electron chi connectivity index (χ1n) is 8.16. The summed E-state index contributed by atoms with van der Waals surface area (Å²) in [7, 11) is 0. The predicted octanol–water partition coefficient (Wildman–Crippen LogP) is 1.55. The van der Waals surface area contributed by atoms with Crippen molar-refractivity contribution in [1.29, 1.82) is 0 Å². The van der Waals surface area contributed by atoms with Crippen LogP contribution in [0.4, 0.5) is 0 Å². The van der Waals surface area contributed by atoms with Crippen molar-refractivity contribution in [2.75, 3.05) is 46.1 Å². The molecule has 1 aliphatic rings. The Morgan fingerprint density at radius 3 is 2.24 bits per heavy atom. The third-order valence-corrected chi connectivity index (χ3v) is 3.74. The quantitative estimate of drug-likeness (QED) is 0.701. The summed E-state index contributed by atoms with van der Waals surface area (Å²) in [5.41, 5.74) is 0. The molecule has 0 radical (unpaired) electrons. The first kappa shape index (κ1) is 16.1. The fraction of sp³-hybridized carbons (Fsp3) is 0.647. The molecule has 0 spiro atoms. The van der Waals surface area contributed by atoms with E-state index >= 15 is 0 Å². The number of ether oxygens (including phenoxy) is 3. The van der Waals surface area contributed by atoms with Gasteiger partial charge in [0.05, 0.1) is 33.0 Å². The van der Waals surface area contributed by atoms with Crippen LogP contribution in [0.15, 0.2) is 24.3 Å². The van der Waals surface area contributed by atoms with E-state index in [0.29, 0.717) is 0 Å². The molecule has 1 aromatic rings. The zero-order valence-electron chi connectivity index (χ0n) is 13.1. The molecule has 1 fully saturated rings. The maximum atomic E-state index is 5.89. The van der Waals surface area contributed by atoms with Crippen LogP contribution in [0.25, 0.3) is 0 Å². The molecule has 2 rings (SSSR count). The van der Waals surface area contributed by atoms with Gasteiger partial charge in [-0.1, -0.05) is 25.5 Å². The SMILES string of the molecule is CCCCOc1ccccc1OCCC[NH+]1CCOCC1. The first-order valence-corrected chi connectivity index (χ1v) is 8.16. The third-order valence-electron chi connectivity index (χ3n) is 3.74. The highest BCUT2D eigenvalue weighted by Crippen LogP contribution is 2.26.